The van der Waals surface area contributed by atoms with E-state index in [9.17, 15) is 5.11 Å². The van der Waals surface area contributed by atoms with E-state index in [1.54, 1.807) is 12.3 Å². The van der Waals surface area contributed by atoms with Gasteiger partial charge in [-0.3, -0.25) is 0 Å². The third kappa shape index (κ3) is 2.13. The molecule has 0 amide bonds. The second kappa shape index (κ2) is 4.10. The van der Waals surface area contributed by atoms with Crippen LogP contribution in [0.4, 0.5) is 5.82 Å². The molecule has 2 aromatic rings. The maximum atomic E-state index is 9.44. The number of aliphatic imine (C=N–C) groups is 1. The normalized spacial score (nSPS) is 11.6. The zero-order valence-corrected chi connectivity index (χ0v) is 8.61. The fourth-order valence-corrected chi connectivity index (χ4v) is 1.70. The number of amidine groups is 1. The van der Waals surface area contributed by atoms with Crippen molar-refractivity contribution < 1.29 is 5.11 Å². The van der Waals surface area contributed by atoms with Crippen LogP contribution in [-0.2, 0) is 0 Å². The Labute approximate surface area is 90.7 Å². The smallest absolute Gasteiger partial charge is 0.196 e. The summed E-state index contributed by atoms with van der Waals surface area (Å²) in [6.45, 7) is 0. The summed E-state index contributed by atoms with van der Waals surface area (Å²) >= 11 is 1.49. The van der Waals surface area contributed by atoms with Crippen molar-refractivity contribution in [1.29, 1.82) is 0 Å². The van der Waals surface area contributed by atoms with Crippen LogP contribution in [0.25, 0.3) is 0 Å². The summed E-state index contributed by atoms with van der Waals surface area (Å²) in [5, 5.41) is 11.3. The van der Waals surface area contributed by atoms with Gasteiger partial charge in [-0.1, -0.05) is 6.07 Å². The predicted molar refractivity (Wildman–Crippen MR) is 60.6 cm³/mol. The molecular weight excluding hydrogens is 210 g/mol. The van der Waals surface area contributed by atoms with E-state index in [1.165, 1.54) is 17.4 Å². The SMILES string of the molecule is N/C(=N\c1ncccc1O)c1cccs1. The summed E-state index contributed by atoms with van der Waals surface area (Å²) in [5.74, 6) is 0.624. The standard InChI is InChI=1S/C10H9N3OS/c11-9(8-4-2-6-15-8)13-10-7(14)3-1-5-12-10/h1-6,14H,(H2,11,12,13). The molecule has 2 rings (SSSR count). The van der Waals surface area contributed by atoms with Gasteiger partial charge in [0.05, 0.1) is 4.88 Å². The Bertz CT molecular complexity index is 479. The molecule has 4 nitrogen and oxygen atoms in total. The van der Waals surface area contributed by atoms with Gasteiger partial charge in [-0.25, -0.2) is 9.98 Å². The van der Waals surface area contributed by atoms with Crippen LogP contribution >= 0.6 is 11.3 Å². The predicted octanol–water partition coefficient (Wildman–Crippen LogP) is 1.89. The largest absolute Gasteiger partial charge is 0.504 e. The molecule has 0 saturated carbocycles. The molecule has 0 saturated heterocycles. The first kappa shape index (κ1) is 9.67. The monoisotopic (exact) mass is 219 g/mol. The average molecular weight is 219 g/mol. The minimum absolute atomic E-state index is 0.0250. The summed E-state index contributed by atoms with van der Waals surface area (Å²) in [5.41, 5.74) is 5.75. The lowest BCUT2D eigenvalue weighted by Crippen LogP contribution is -2.10. The maximum absolute atomic E-state index is 9.44. The summed E-state index contributed by atoms with van der Waals surface area (Å²) in [6.07, 6.45) is 1.56. The van der Waals surface area contributed by atoms with Crippen molar-refractivity contribution in [3.63, 3.8) is 0 Å². The molecule has 0 spiro atoms. The molecule has 0 aromatic carbocycles. The lowest BCUT2D eigenvalue weighted by Gasteiger charge is -1.98. The van der Waals surface area contributed by atoms with E-state index in [0.717, 1.165) is 4.88 Å². The molecule has 0 fully saturated rings. The summed E-state index contributed by atoms with van der Waals surface area (Å²) in [4.78, 5) is 8.82. The second-order valence-corrected chi connectivity index (χ2v) is 3.77. The van der Waals surface area contributed by atoms with Gasteiger partial charge >= 0.3 is 0 Å². The van der Waals surface area contributed by atoms with Crippen LogP contribution in [0.5, 0.6) is 5.75 Å². The Hall–Kier alpha value is -1.88. The Kier molecular flexibility index (Phi) is 2.64. The van der Waals surface area contributed by atoms with Crippen molar-refractivity contribution in [1.82, 2.24) is 4.98 Å². The minimum Gasteiger partial charge on any atom is -0.504 e. The number of hydrogen-bond donors (Lipinski definition) is 2. The fraction of sp³-hybridized carbons (Fsp3) is 0. The Morgan fingerprint density at radius 3 is 2.93 bits per heavy atom. The first-order valence-electron chi connectivity index (χ1n) is 4.29. The van der Waals surface area contributed by atoms with Crippen molar-refractivity contribution >= 4 is 23.0 Å². The zero-order chi connectivity index (χ0) is 10.7. The molecule has 0 aliphatic heterocycles. The Balaban J connectivity index is 2.35. The third-order valence-electron chi connectivity index (χ3n) is 1.77. The molecule has 15 heavy (non-hydrogen) atoms. The van der Waals surface area contributed by atoms with Gasteiger partial charge in [0, 0.05) is 6.20 Å². The van der Waals surface area contributed by atoms with Crippen LogP contribution in [0.1, 0.15) is 4.88 Å². The van der Waals surface area contributed by atoms with Gasteiger partial charge in [0.2, 0.25) is 0 Å². The van der Waals surface area contributed by atoms with E-state index < -0.39 is 0 Å². The van der Waals surface area contributed by atoms with E-state index in [2.05, 4.69) is 9.98 Å². The highest BCUT2D eigenvalue weighted by Gasteiger charge is 2.03. The number of pyridine rings is 1. The summed E-state index contributed by atoms with van der Waals surface area (Å²) < 4.78 is 0. The van der Waals surface area contributed by atoms with Crippen LogP contribution in [0.3, 0.4) is 0 Å². The molecule has 0 unspecified atom stereocenters. The molecule has 76 valence electrons. The van der Waals surface area contributed by atoms with Gasteiger partial charge in [0.15, 0.2) is 11.6 Å². The molecule has 0 aliphatic carbocycles. The van der Waals surface area contributed by atoms with Crippen LogP contribution < -0.4 is 5.73 Å². The van der Waals surface area contributed by atoms with E-state index in [0.29, 0.717) is 5.84 Å². The van der Waals surface area contributed by atoms with Crippen molar-refractivity contribution in [3.05, 3.63) is 40.7 Å². The lowest BCUT2D eigenvalue weighted by molar-refractivity contribution is 0.474. The fourth-order valence-electron chi connectivity index (χ4n) is 1.07. The van der Waals surface area contributed by atoms with Crippen LogP contribution in [0.2, 0.25) is 0 Å². The van der Waals surface area contributed by atoms with Crippen molar-refractivity contribution in [3.8, 4) is 5.75 Å². The average Bonchev–Trinajstić information content (AvgIpc) is 2.74. The second-order valence-electron chi connectivity index (χ2n) is 2.82. The lowest BCUT2D eigenvalue weighted by atomic mass is 10.4. The third-order valence-corrected chi connectivity index (χ3v) is 2.66. The van der Waals surface area contributed by atoms with Gasteiger partial charge in [0.1, 0.15) is 5.84 Å². The number of hydrogen-bond acceptors (Lipinski definition) is 4. The van der Waals surface area contributed by atoms with Crippen molar-refractivity contribution in [2.75, 3.05) is 0 Å². The molecular formula is C10H9N3OS. The Morgan fingerprint density at radius 2 is 2.27 bits per heavy atom. The van der Waals surface area contributed by atoms with Crippen LogP contribution in [-0.4, -0.2) is 15.9 Å². The Morgan fingerprint density at radius 1 is 1.40 bits per heavy atom. The number of nitrogens with two attached hydrogens (primary N) is 1. The highest BCUT2D eigenvalue weighted by atomic mass is 32.1. The quantitative estimate of drug-likeness (QED) is 0.598. The highest BCUT2D eigenvalue weighted by Crippen LogP contribution is 2.22. The number of rotatable bonds is 2. The molecule has 2 aromatic heterocycles. The van der Waals surface area contributed by atoms with E-state index in [-0.39, 0.29) is 11.6 Å². The molecule has 5 heteroatoms. The van der Waals surface area contributed by atoms with Crippen LogP contribution in [0.15, 0.2) is 40.8 Å². The van der Waals surface area contributed by atoms with E-state index in [4.69, 9.17) is 5.73 Å². The summed E-state index contributed by atoms with van der Waals surface area (Å²) in [7, 11) is 0. The van der Waals surface area contributed by atoms with E-state index >= 15 is 0 Å². The number of nitrogens with zero attached hydrogens (tertiary/aromatic N) is 2. The van der Waals surface area contributed by atoms with Gasteiger partial charge in [-0.2, -0.15) is 0 Å². The summed E-state index contributed by atoms with van der Waals surface area (Å²) in [6, 6.07) is 6.91. The van der Waals surface area contributed by atoms with Gasteiger partial charge in [-0.05, 0) is 23.6 Å². The highest BCUT2D eigenvalue weighted by molar-refractivity contribution is 7.12. The minimum atomic E-state index is 0.0250. The number of thiophene rings is 1. The maximum Gasteiger partial charge on any atom is 0.196 e. The van der Waals surface area contributed by atoms with Crippen LogP contribution in [0, 0.1) is 0 Å². The van der Waals surface area contributed by atoms with Gasteiger partial charge < -0.3 is 10.8 Å². The van der Waals surface area contributed by atoms with Crippen molar-refractivity contribution in [2.24, 2.45) is 10.7 Å². The first-order valence-corrected chi connectivity index (χ1v) is 5.17. The topological polar surface area (TPSA) is 71.5 Å². The van der Waals surface area contributed by atoms with E-state index in [1.807, 2.05) is 17.5 Å². The molecule has 3 N–H and O–H groups in total. The molecule has 0 aliphatic rings. The zero-order valence-electron chi connectivity index (χ0n) is 7.79. The molecule has 0 bridgehead atoms. The van der Waals surface area contributed by atoms with Gasteiger partial charge in [0.25, 0.3) is 0 Å². The van der Waals surface area contributed by atoms with Gasteiger partial charge in [-0.15, -0.1) is 11.3 Å². The number of aromatic hydroxyl groups is 1. The molecule has 0 atom stereocenters. The number of aromatic nitrogens is 1. The first-order chi connectivity index (χ1) is 7.27. The van der Waals surface area contributed by atoms with Crippen molar-refractivity contribution in [2.45, 2.75) is 0 Å². The molecule has 0 radical (unpaired) electrons. The molecule has 2 heterocycles.